The number of amides is 1. The van der Waals surface area contributed by atoms with Crippen LogP contribution in [0.15, 0.2) is 41.2 Å². The summed E-state index contributed by atoms with van der Waals surface area (Å²) < 4.78 is 1.54. The van der Waals surface area contributed by atoms with Gasteiger partial charge in [-0.15, -0.1) is 0 Å². The minimum Gasteiger partial charge on any atom is -0.310 e. The normalized spacial score (nSPS) is 16.4. The van der Waals surface area contributed by atoms with Crippen LogP contribution in [0.1, 0.15) is 29.2 Å². The molecule has 1 aliphatic rings. The van der Waals surface area contributed by atoms with Crippen LogP contribution < -0.4 is 10.9 Å². The Bertz CT molecular complexity index is 1000. The summed E-state index contributed by atoms with van der Waals surface area (Å²) in [6.45, 7) is 1.89. The Morgan fingerprint density at radius 3 is 2.60 bits per heavy atom. The van der Waals surface area contributed by atoms with E-state index in [4.69, 9.17) is 11.6 Å². The molecule has 3 heterocycles. The van der Waals surface area contributed by atoms with E-state index in [0.717, 1.165) is 16.8 Å². The Kier molecular flexibility index (Phi) is 3.65. The van der Waals surface area contributed by atoms with Crippen molar-refractivity contribution in [1.29, 1.82) is 0 Å². The van der Waals surface area contributed by atoms with Crippen LogP contribution in [0.2, 0.25) is 5.02 Å². The van der Waals surface area contributed by atoms with E-state index in [1.165, 1.54) is 6.07 Å². The molecule has 25 heavy (non-hydrogen) atoms. The van der Waals surface area contributed by atoms with Gasteiger partial charge in [0, 0.05) is 29.0 Å². The first-order valence-corrected chi connectivity index (χ1v) is 8.11. The molecule has 0 saturated heterocycles. The number of hydrogen-bond donors (Lipinski definition) is 2. The molecule has 0 saturated carbocycles. The molecule has 0 radical (unpaired) electrons. The number of anilines is 1. The summed E-state index contributed by atoms with van der Waals surface area (Å²) in [4.78, 5) is 23.5. The number of aromatic amines is 1. The summed E-state index contributed by atoms with van der Waals surface area (Å²) in [5.74, 6) is 0.796. The molecule has 1 amide bonds. The Morgan fingerprint density at radius 2 is 1.92 bits per heavy atom. The van der Waals surface area contributed by atoms with Crippen molar-refractivity contribution in [1.82, 2.24) is 20.0 Å². The molecule has 2 aromatic heterocycles. The van der Waals surface area contributed by atoms with Gasteiger partial charge in [-0.2, -0.15) is 14.9 Å². The number of benzene rings is 1. The zero-order chi connectivity index (χ0) is 17.6. The Balaban J connectivity index is 1.87. The molecule has 0 spiro atoms. The second-order valence-electron chi connectivity index (χ2n) is 5.90. The van der Waals surface area contributed by atoms with E-state index in [9.17, 15) is 9.59 Å². The number of fused-ring (bicyclic) bond motifs is 1. The summed E-state index contributed by atoms with van der Waals surface area (Å²) in [5.41, 5.74) is 2.43. The molecule has 1 aliphatic heterocycles. The standard InChI is InChI=1S/C17H14ClN5O2/c1-9-16-12(10-2-4-11(18)5-3-10)8-15(25)19-17(16)23(22-9)13-6-7-14(24)21-20-13/h2-7,12H,8H2,1H3,(H,19,25)(H,21,24)/t12-/m0/s1. The molecule has 0 unspecified atom stereocenters. The number of halogens is 1. The molecule has 3 aromatic rings. The van der Waals surface area contributed by atoms with Gasteiger partial charge in [-0.3, -0.25) is 9.59 Å². The fraction of sp³-hybridized carbons (Fsp3) is 0.176. The molecule has 1 aromatic carbocycles. The first-order valence-electron chi connectivity index (χ1n) is 7.74. The average molecular weight is 356 g/mol. The predicted octanol–water partition coefficient (Wildman–Crippen LogP) is 2.39. The van der Waals surface area contributed by atoms with Crippen molar-refractivity contribution in [2.45, 2.75) is 19.3 Å². The van der Waals surface area contributed by atoms with Crippen LogP contribution in [-0.4, -0.2) is 25.9 Å². The number of nitrogens with one attached hydrogen (secondary N) is 2. The van der Waals surface area contributed by atoms with Gasteiger partial charge in [-0.1, -0.05) is 23.7 Å². The van der Waals surface area contributed by atoms with Crippen molar-refractivity contribution in [3.8, 4) is 5.82 Å². The van der Waals surface area contributed by atoms with E-state index >= 15 is 0 Å². The quantitative estimate of drug-likeness (QED) is 0.738. The lowest BCUT2D eigenvalue weighted by Crippen LogP contribution is -2.25. The third-order valence-electron chi connectivity index (χ3n) is 4.26. The second-order valence-corrected chi connectivity index (χ2v) is 6.33. The van der Waals surface area contributed by atoms with Gasteiger partial charge in [-0.05, 0) is 30.7 Å². The van der Waals surface area contributed by atoms with Gasteiger partial charge in [0.05, 0.1) is 5.69 Å². The van der Waals surface area contributed by atoms with E-state index in [1.54, 1.807) is 10.7 Å². The van der Waals surface area contributed by atoms with Crippen molar-refractivity contribution in [2.75, 3.05) is 5.32 Å². The van der Waals surface area contributed by atoms with E-state index < -0.39 is 0 Å². The Labute approximate surface area is 147 Å². The number of carbonyl (C=O) groups excluding carboxylic acids is 1. The van der Waals surface area contributed by atoms with Crippen molar-refractivity contribution >= 4 is 23.3 Å². The molecule has 4 rings (SSSR count). The van der Waals surface area contributed by atoms with Crippen molar-refractivity contribution in [3.63, 3.8) is 0 Å². The molecule has 126 valence electrons. The van der Waals surface area contributed by atoms with Gasteiger partial charge in [0.1, 0.15) is 5.82 Å². The zero-order valence-electron chi connectivity index (χ0n) is 13.3. The fourth-order valence-corrected chi connectivity index (χ4v) is 3.27. The van der Waals surface area contributed by atoms with Gasteiger partial charge in [0.2, 0.25) is 5.91 Å². The molecule has 0 bridgehead atoms. The van der Waals surface area contributed by atoms with Crippen LogP contribution in [0.4, 0.5) is 5.82 Å². The minimum absolute atomic E-state index is 0.0991. The average Bonchev–Trinajstić information content (AvgIpc) is 2.92. The third kappa shape index (κ3) is 2.72. The lowest BCUT2D eigenvalue weighted by Gasteiger charge is -2.24. The monoisotopic (exact) mass is 355 g/mol. The minimum atomic E-state index is -0.301. The Morgan fingerprint density at radius 1 is 1.16 bits per heavy atom. The Hall–Kier alpha value is -2.93. The van der Waals surface area contributed by atoms with Crippen LogP contribution in [-0.2, 0) is 4.79 Å². The number of aromatic nitrogens is 4. The van der Waals surface area contributed by atoms with Crippen LogP contribution in [0.5, 0.6) is 0 Å². The topological polar surface area (TPSA) is 92.7 Å². The van der Waals surface area contributed by atoms with E-state index in [0.29, 0.717) is 23.1 Å². The third-order valence-corrected chi connectivity index (χ3v) is 4.51. The molecule has 7 nitrogen and oxygen atoms in total. The first kappa shape index (κ1) is 15.6. The zero-order valence-corrected chi connectivity index (χ0v) is 14.0. The number of carbonyl (C=O) groups is 1. The maximum atomic E-state index is 12.3. The number of rotatable bonds is 2. The number of H-pyrrole nitrogens is 1. The largest absolute Gasteiger partial charge is 0.310 e. The summed E-state index contributed by atoms with van der Waals surface area (Å²) >= 11 is 5.97. The van der Waals surface area contributed by atoms with Crippen LogP contribution in [0, 0.1) is 6.92 Å². The maximum absolute atomic E-state index is 12.3. The number of nitrogens with zero attached hydrogens (tertiary/aromatic N) is 3. The smallest absolute Gasteiger partial charge is 0.264 e. The summed E-state index contributed by atoms with van der Waals surface area (Å²) in [6, 6.07) is 10.4. The molecule has 0 fully saturated rings. The molecular weight excluding hydrogens is 342 g/mol. The molecular formula is C17H14ClN5O2. The highest BCUT2D eigenvalue weighted by atomic mass is 35.5. The fourth-order valence-electron chi connectivity index (χ4n) is 3.15. The van der Waals surface area contributed by atoms with Crippen LogP contribution in [0.25, 0.3) is 5.82 Å². The van der Waals surface area contributed by atoms with Gasteiger partial charge in [0.25, 0.3) is 5.56 Å². The van der Waals surface area contributed by atoms with Crippen molar-refractivity contribution in [3.05, 3.63) is 68.6 Å². The van der Waals surface area contributed by atoms with Crippen LogP contribution >= 0.6 is 11.6 Å². The second kappa shape index (κ2) is 5.86. The summed E-state index contributed by atoms with van der Waals surface area (Å²) in [6.07, 6.45) is 0.334. The highest BCUT2D eigenvalue weighted by Gasteiger charge is 2.32. The van der Waals surface area contributed by atoms with E-state index in [1.807, 2.05) is 31.2 Å². The van der Waals surface area contributed by atoms with E-state index in [2.05, 4.69) is 20.6 Å². The lowest BCUT2D eigenvalue weighted by atomic mass is 9.86. The lowest BCUT2D eigenvalue weighted by molar-refractivity contribution is -0.116. The van der Waals surface area contributed by atoms with Crippen LogP contribution in [0.3, 0.4) is 0 Å². The van der Waals surface area contributed by atoms with Crippen molar-refractivity contribution < 1.29 is 4.79 Å². The summed E-state index contributed by atoms with van der Waals surface area (Å²) in [7, 11) is 0. The highest BCUT2D eigenvalue weighted by Crippen LogP contribution is 2.40. The van der Waals surface area contributed by atoms with Gasteiger partial charge in [-0.25, -0.2) is 5.10 Å². The molecule has 0 aliphatic carbocycles. The molecule has 2 N–H and O–H groups in total. The molecule has 8 heteroatoms. The number of aryl methyl sites for hydroxylation is 1. The summed E-state index contributed by atoms with van der Waals surface area (Å²) in [5, 5.41) is 14.4. The van der Waals surface area contributed by atoms with Gasteiger partial charge >= 0.3 is 0 Å². The van der Waals surface area contributed by atoms with Gasteiger partial charge in [0.15, 0.2) is 5.82 Å². The maximum Gasteiger partial charge on any atom is 0.264 e. The highest BCUT2D eigenvalue weighted by molar-refractivity contribution is 6.30. The SMILES string of the molecule is Cc1nn(-c2ccc(=O)[nH]n2)c2c1[C@H](c1ccc(Cl)cc1)CC(=O)N2. The van der Waals surface area contributed by atoms with E-state index in [-0.39, 0.29) is 17.4 Å². The molecule has 1 atom stereocenters. The predicted molar refractivity (Wildman–Crippen MR) is 93.3 cm³/mol. The number of hydrogen-bond acceptors (Lipinski definition) is 4. The van der Waals surface area contributed by atoms with Crippen molar-refractivity contribution in [2.24, 2.45) is 0 Å². The van der Waals surface area contributed by atoms with Gasteiger partial charge < -0.3 is 5.32 Å². The first-order chi connectivity index (χ1) is 12.0.